The van der Waals surface area contributed by atoms with Gasteiger partial charge in [-0.25, -0.2) is 0 Å². The molecule has 2 aromatic rings. The molecule has 1 aliphatic carbocycles. The van der Waals surface area contributed by atoms with Gasteiger partial charge in [-0.05, 0) is 80.4 Å². The van der Waals surface area contributed by atoms with Crippen molar-refractivity contribution in [2.45, 2.75) is 50.8 Å². The normalized spacial score (nSPS) is 20.7. The molecule has 1 atom stereocenters. The van der Waals surface area contributed by atoms with Crippen molar-refractivity contribution in [3.8, 4) is 5.75 Å². The highest BCUT2D eigenvalue weighted by atomic mass is 79.9. The van der Waals surface area contributed by atoms with E-state index in [9.17, 15) is 13.2 Å². The molecule has 2 aromatic carbocycles. The van der Waals surface area contributed by atoms with Gasteiger partial charge < -0.3 is 4.74 Å². The van der Waals surface area contributed by atoms with Crippen LogP contribution in [0.15, 0.2) is 40.9 Å². The molecule has 0 bridgehead atoms. The van der Waals surface area contributed by atoms with Gasteiger partial charge >= 0.3 is 6.18 Å². The maximum Gasteiger partial charge on any atom is 0.401 e. The Morgan fingerprint density at radius 1 is 1.10 bits per heavy atom. The number of aryl methyl sites for hydroxylation is 2. The van der Waals surface area contributed by atoms with Crippen LogP contribution in [0.2, 0.25) is 0 Å². The summed E-state index contributed by atoms with van der Waals surface area (Å²) >= 11 is 3.65. The van der Waals surface area contributed by atoms with E-state index in [-0.39, 0.29) is 6.10 Å². The largest absolute Gasteiger partial charge is 0.485 e. The van der Waals surface area contributed by atoms with Crippen molar-refractivity contribution < 1.29 is 17.9 Å². The number of fused-ring (bicyclic) bond motifs is 1. The third-order valence-corrected chi connectivity index (χ3v) is 6.76. The van der Waals surface area contributed by atoms with Crippen LogP contribution in [-0.2, 0) is 6.42 Å². The fourth-order valence-electron chi connectivity index (χ4n) is 4.60. The number of hydrogen-bond acceptors (Lipinski definition) is 2. The summed E-state index contributed by atoms with van der Waals surface area (Å²) in [5.41, 5.74) is 4.87. The third kappa shape index (κ3) is 4.80. The molecule has 0 saturated carbocycles. The van der Waals surface area contributed by atoms with Crippen LogP contribution in [-0.4, -0.2) is 30.7 Å². The second-order valence-corrected chi connectivity index (χ2v) is 9.00. The lowest BCUT2D eigenvalue weighted by Crippen LogP contribution is -2.39. The molecule has 6 heteroatoms. The van der Waals surface area contributed by atoms with Crippen molar-refractivity contribution in [3.63, 3.8) is 0 Å². The Balaban J connectivity index is 1.41. The lowest BCUT2D eigenvalue weighted by molar-refractivity contribution is -0.147. The minimum Gasteiger partial charge on any atom is -0.485 e. The van der Waals surface area contributed by atoms with Gasteiger partial charge in [0.15, 0.2) is 0 Å². The quantitative estimate of drug-likeness (QED) is 0.504. The Kier molecular flexibility index (Phi) is 5.94. The van der Waals surface area contributed by atoms with E-state index in [0.717, 1.165) is 41.5 Å². The van der Waals surface area contributed by atoms with Gasteiger partial charge in [-0.3, -0.25) is 4.90 Å². The zero-order chi connectivity index (χ0) is 20.6. The first kappa shape index (κ1) is 20.7. The van der Waals surface area contributed by atoms with E-state index in [2.05, 4.69) is 46.3 Å². The lowest BCUT2D eigenvalue weighted by Gasteiger charge is -2.32. The summed E-state index contributed by atoms with van der Waals surface area (Å²) in [5.74, 6) is 1.20. The maximum absolute atomic E-state index is 12.6. The van der Waals surface area contributed by atoms with Crippen LogP contribution in [0.1, 0.15) is 53.5 Å². The fourth-order valence-corrected chi connectivity index (χ4v) is 5.26. The molecule has 0 radical (unpaired) electrons. The smallest absolute Gasteiger partial charge is 0.401 e. The zero-order valence-corrected chi connectivity index (χ0v) is 18.0. The summed E-state index contributed by atoms with van der Waals surface area (Å²) in [6.07, 6.45) is -0.548. The van der Waals surface area contributed by atoms with Gasteiger partial charge in [0.2, 0.25) is 0 Å². The SMILES string of the molecule is Cc1cc(C2CCN(CC(F)(F)F)CC2)ccc1OC1CCc2cccc(Br)c21. The van der Waals surface area contributed by atoms with Crippen molar-refractivity contribution in [2.24, 2.45) is 0 Å². The predicted molar refractivity (Wildman–Crippen MR) is 111 cm³/mol. The van der Waals surface area contributed by atoms with Gasteiger partial charge in [0.05, 0.1) is 6.54 Å². The molecule has 1 aliphatic heterocycles. The van der Waals surface area contributed by atoms with Crippen LogP contribution in [0.5, 0.6) is 5.75 Å². The Bertz CT molecular complexity index is 875. The van der Waals surface area contributed by atoms with E-state index < -0.39 is 12.7 Å². The molecule has 4 rings (SSSR count). The minimum absolute atomic E-state index is 0.0516. The summed E-state index contributed by atoms with van der Waals surface area (Å²) in [6, 6.07) is 12.5. The molecule has 1 heterocycles. The highest BCUT2D eigenvalue weighted by Crippen LogP contribution is 2.40. The van der Waals surface area contributed by atoms with E-state index in [0.29, 0.717) is 19.0 Å². The van der Waals surface area contributed by atoms with Crippen molar-refractivity contribution in [1.82, 2.24) is 4.90 Å². The summed E-state index contributed by atoms with van der Waals surface area (Å²) in [7, 11) is 0. The van der Waals surface area contributed by atoms with E-state index in [4.69, 9.17) is 4.74 Å². The molecule has 0 amide bonds. The molecular weight excluding hydrogens is 443 g/mol. The van der Waals surface area contributed by atoms with E-state index >= 15 is 0 Å². The standard InChI is InChI=1S/C23H25BrF3NO/c1-15-13-18(16-9-11-28(12-10-16)14-23(25,26)27)6-7-20(15)29-21-8-5-17-3-2-4-19(24)22(17)21/h2-4,6-7,13,16,21H,5,8-12,14H2,1H3. The highest BCUT2D eigenvalue weighted by Gasteiger charge is 2.33. The first-order valence-electron chi connectivity index (χ1n) is 10.1. The van der Waals surface area contributed by atoms with Gasteiger partial charge in [0.25, 0.3) is 0 Å². The highest BCUT2D eigenvalue weighted by molar-refractivity contribution is 9.10. The number of likely N-dealkylation sites (tertiary alicyclic amines) is 1. The number of benzene rings is 2. The monoisotopic (exact) mass is 467 g/mol. The Morgan fingerprint density at radius 2 is 1.86 bits per heavy atom. The fraction of sp³-hybridized carbons (Fsp3) is 0.478. The molecule has 1 saturated heterocycles. The summed E-state index contributed by atoms with van der Waals surface area (Å²) in [6.45, 7) is 2.24. The summed E-state index contributed by atoms with van der Waals surface area (Å²) in [5, 5.41) is 0. The Hall–Kier alpha value is -1.53. The summed E-state index contributed by atoms with van der Waals surface area (Å²) in [4.78, 5) is 1.51. The van der Waals surface area contributed by atoms with Gasteiger partial charge in [0.1, 0.15) is 11.9 Å². The van der Waals surface area contributed by atoms with E-state index in [1.54, 1.807) is 0 Å². The predicted octanol–water partition coefficient (Wildman–Crippen LogP) is 6.57. The number of halogens is 4. The Morgan fingerprint density at radius 3 is 2.55 bits per heavy atom. The molecule has 0 spiro atoms. The van der Waals surface area contributed by atoms with Gasteiger partial charge in [-0.2, -0.15) is 13.2 Å². The van der Waals surface area contributed by atoms with E-state index in [1.165, 1.54) is 21.6 Å². The van der Waals surface area contributed by atoms with Gasteiger partial charge in [0, 0.05) is 10.0 Å². The minimum atomic E-state index is -4.11. The van der Waals surface area contributed by atoms with Crippen molar-refractivity contribution in [3.05, 3.63) is 63.1 Å². The molecule has 2 nitrogen and oxygen atoms in total. The number of hydrogen-bond donors (Lipinski definition) is 0. The number of ether oxygens (including phenoxy) is 1. The van der Waals surface area contributed by atoms with Crippen molar-refractivity contribution in [2.75, 3.05) is 19.6 Å². The van der Waals surface area contributed by atoms with Crippen LogP contribution in [0.4, 0.5) is 13.2 Å². The lowest BCUT2D eigenvalue weighted by atomic mass is 9.88. The van der Waals surface area contributed by atoms with Crippen LogP contribution in [0.3, 0.4) is 0 Å². The first-order chi connectivity index (χ1) is 13.8. The molecule has 1 fully saturated rings. The average molecular weight is 468 g/mol. The van der Waals surface area contributed by atoms with Crippen LogP contribution >= 0.6 is 15.9 Å². The summed E-state index contributed by atoms with van der Waals surface area (Å²) < 4.78 is 45.2. The van der Waals surface area contributed by atoms with Crippen molar-refractivity contribution >= 4 is 15.9 Å². The van der Waals surface area contributed by atoms with Gasteiger partial charge in [-0.15, -0.1) is 0 Å². The second-order valence-electron chi connectivity index (χ2n) is 8.15. The molecule has 156 valence electrons. The Labute approximate surface area is 178 Å². The molecule has 0 aromatic heterocycles. The van der Waals surface area contributed by atoms with Crippen molar-refractivity contribution in [1.29, 1.82) is 0 Å². The van der Waals surface area contributed by atoms with Crippen LogP contribution in [0, 0.1) is 6.92 Å². The molecule has 1 unspecified atom stereocenters. The topological polar surface area (TPSA) is 12.5 Å². The number of piperidine rings is 1. The van der Waals surface area contributed by atoms with Crippen LogP contribution < -0.4 is 4.74 Å². The number of alkyl halides is 3. The molecule has 2 aliphatic rings. The third-order valence-electron chi connectivity index (χ3n) is 6.07. The number of rotatable bonds is 4. The average Bonchev–Trinajstić information content (AvgIpc) is 3.07. The van der Waals surface area contributed by atoms with Crippen LogP contribution in [0.25, 0.3) is 0 Å². The first-order valence-corrected chi connectivity index (χ1v) is 10.9. The zero-order valence-electron chi connectivity index (χ0n) is 16.4. The maximum atomic E-state index is 12.6. The molecule has 0 N–H and O–H groups in total. The van der Waals surface area contributed by atoms with E-state index in [1.807, 2.05) is 13.0 Å². The second kappa shape index (κ2) is 8.31. The van der Waals surface area contributed by atoms with Gasteiger partial charge in [-0.1, -0.05) is 40.2 Å². The molecule has 29 heavy (non-hydrogen) atoms. The number of nitrogens with zero attached hydrogens (tertiary/aromatic N) is 1. The molecular formula is C23H25BrF3NO.